The molecule has 2 aromatic rings. The van der Waals surface area contributed by atoms with E-state index in [1.165, 1.54) is 0 Å². The Balaban J connectivity index is 2.05. The number of methoxy groups -OCH3 is 1. The largest absolute Gasteiger partial charge is 0.497 e. The fraction of sp³-hybridized carbons (Fsp3) is 0.133. The summed E-state index contributed by atoms with van der Waals surface area (Å²) in [6.45, 7) is 0.412. The highest BCUT2D eigenvalue weighted by molar-refractivity contribution is 6.30. The Morgan fingerprint density at radius 3 is 2.47 bits per heavy atom. The summed E-state index contributed by atoms with van der Waals surface area (Å²) < 4.78 is 10.7. The lowest BCUT2D eigenvalue weighted by atomic mass is 10.2. The molecule has 2 rings (SSSR count). The van der Waals surface area contributed by atoms with E-state index in [1.54, 1.807) is 25.3 Å². The molecule has 0 aliphatic carbocycles. The zero-order valence-electron chi connectivity index (χ0n) is 10.4. The molecule has 4 heteroatoms. The monoisotopic (exact) mass is 273 g/mol. The molecular weight excluding hydrogens is 262 g/mol. The van der Waals surface area contributed by atoms with E-state index in [1.807, 2.05) is 30.3 Å². The SMILES string of the molecule is COc1ccc(COc2cc(Cl)cc(C#N)c2)cc1. The number of ether oxygens (including phenoxy) is 2. The van der Waals surface area contributed by atoms with Gasteiger partial charge in [0.25, 0.3) is 0 Å². The van der Waals surface area contributed by atoms with E-state index in [9.17, 15) is 0 Å². The molecule has 0 radical (unpaired) electrons. The van der Waals surface area contributed by atoms with Crippen molar-refractivity contribution in [3.8, 4) is 17.6 Å². The molecular formula is C15H12ClNO2. The van der Waals surface area contributed by atoms with Crippen molar-refractivity contribution in [2.75, 3.05) is 7.11 Å². The Labute approximate surface area is 117 Å². The van der Waals surface area contributed by atoms with Gasteiger partial charge in [-0.25, -0.2) is 0 Å². The van der Waals surface area contributed by atoms with Crippen LogP contribution in [0.5, 0.6) is 11.5 Å². The van der Waals surface area contributed by atoms with Gasteiger partial charge in [0.05, 0.1) is 18.7 Å². The number of hydrogen-bond donors (Lipinski definition) is 0. The topological polar surface area (TPSA) is 42.2 Å². The van der Waals surface area contributed by atoms with Crippen LogP contribution in [0.15, 0.2) is 42.5 Å². The molecule has 0 heterocycles. The van der Waals surface area contributed by atoms with Crippen LogP contribution < -0.4 is 9.47 Å². The molecule has 0 atom stereocenters. The van der Waals surface area contributed by atoms with Crippen LogP contribution in [0, 0.1) is 11.3 Å². The molecule has 0 aromatic heterocycles. The van der Waals surface area contributed by atoms with Gasteiger partial charge in [-0.1, -0.05) is 23.7 Å². The van der Waals surface area contributed by atoms with Crippen LogP contribution in [0.2, 0.25) is 5.02 Å². The van der Waals surface area contributed by atoms with Gasteiger partial charge in [-0.2, -0.15) is 5.26 Å². The van der Waals surface area contributed by atoms with Crippen molar-refractivity contribution >= 4 is 11.6 Å². The first-order valence-electron chi connectivity index (χ1n) is 5.67. The molecule has 0 aliphatic heterocycles. The summed E-state index contributed by atoms with van der Waals surface area (Å²) in [6.07, 6.45) is 0. The average molecular weight is 274 g/mol. The zero-order valence-corrected chi connectivity index (χ0v) is 11.1. The van der Waals surface area contributed by atoms with Gasteiger partial charge in [0.1, 0.15) is 18.1 Å². The number of nitrogens with zero attached hydrogens (tertiary/aromatic N) is 1. The van der Waals surface area contributed by atoms with Gasteiger partial charge in [0.2, 0.25) is 0 Å². The van der Waals surface area contributed by atoms with Crippen LogP contribution in [0.4, 0.5) is 0 Å². The Bertz CT molecular complexity index is 603. The van der Waals surface area contributed by atoms with Gasteiger partial charge in [0.15, 0.2) is 0 Å². The van der Waals surface area contributed by atoms with E-state index in [0.29, 0.717) is 22.9 Å². The highest BCUT2D eigenvalue weighted by Crippen LogP contribution is 2.22. The van der Waals surface area contributed by atoms with Gasteiger partial charge in [-0.05, 0) is 35.9 Å². The predicted molar refractivity (Wildman–Crippen MR) is 73.5 cm³/mol. The Morgan fingerprint density at radius 1 is 1.11 bits per heavy atom. The molecule has 0 saturated heterocycles. The second-order valence-electron chi connectivity index (χ2n) is 3.92. The summed E-state index contributed by atoms with van der Waals surface area (Å²) in [4.78, 5) is 0. The first-order chi connectivity index (χ1) is 9.21. The maximum Gasteiger partial charge on any atom is 0.122 e. The van der Waals surface area contributed by atoms with Crippen LogP contribution in [-0.2, 0) is 6.61 Å². The number of benzene rings is 2. The summed E-state index contributed by atoms with van der Waals surface area (Å²) in [5.41, 5.74) is 1.50. The molecule has 0 spiro atoms. The van der Waals surface area contributed by atoms with E-state index in [-0.39, 0.29) is 0 Å². The fourth-order valence-electron chi connectivity index (χ4n) is 1.60. The van der Waals surface area contributed by atoms with Crippen molar-refractivity contribution in [3.63, 3.8) is 0 Å². The van der Waals surface area contributed by atoms with E-state index in [4.69, 9.17) is 26.3 Å². The highest BCUT2D eigenvalue weighted by Gasteiger charge is 2.01. The van der Waals surface area contributed by atoms with Gasteiger partial charge in [0, 0.05) is 5.02 Å². The number of nitriles is 1. The summed E-state index contributed by atoms with van der Waals surface area (Å²) in [5, 5.41) is 9.34. The number of halogens is 1. The van der Waals surface area contributed by atoms with Gasteiger partial charge < -0.3 is 9.47 Å². The third-order valence-corrected chi connectivity index (χ3v) is 2.78. The van der Waals surface area contributed by atoms with Gasteiger partial charge >= 0.3 is 0 Å². The maximum absolute atomic E-state index is 8.85. The molecule has 0 fully saturated rings. The van der Waals surface area contributed by atoms with Crippen molar-refractivity contribution < 1.29 is 9.47 Å². The smallest absolute Gasteiger partial charge is 0.122 e. The van der Waals surface area contributed by atoms with Gasteiger partial charge in [-0.15, -0.1) is 0 Å². The van der Waals surface area contributed by atoms with Crippen molar-refractivity contribution in [2.24, 2.45) is 0 Å². The minimum absolute atomic E-state index is 0.412. The summed E-state index contributed by atoms with van der Waals surface area (Å²) >= 11 is 5.90. The number of rotatable bonds is 4. The zero-order chi connectivity index (χ0) is 13.7. The molecule has 0 unspecified atom stereocenters. The van der Waals surface area contributed by atoms with E-state index < -0.39 is 0 Å². The standard InChI is InChI=1S/C15H12ClNO2/c1-18-14-4-2-11(3-5-14)10-19-15-7-12(9-17)6-13(16)8-15/h2-8H,10H2,1H3. The van der Waals surface area contributed by atoms with E-state index >= 15 is 0 Å². The minimum Gasteiger partial charge on any atom is -0.497 e. The molecule has 0 N–H and O–H groups in total. The number of hydrogen-bond acceptors (Lipinski definition) is 3. The first-order valence-corrected chi connectivity index (χ1v) is 6.05. The van der Waals surface area contributed by atoms with Crippen LogP contribution in [0.3, 0.4) is 0 Å². The van der Waals surface area contributed by atoms with Crippen molar-refractivity contribution in [2.45, 2.75) is 6.61 Å². The third kappa shape index (κ3) is 3.64. The third-order valence-electron chi connectivity index (χ3n) is 2.56. The summed E-state index contributed by atoms with van der Waals surface area (Å²) in [6, 6.07) is 14.6. The Morgan fingerprint density at radius 2 is 1.84 bits per heavy atom. The molecule has 0 bridgehead atoms. The molecule has 0 aliphatic rings. The van der Waals surface area contributed by atoms with Crippen LogP contribution in [0.25, 0.3) is 0 Å². The van der Waals surface area contributed by atoms with Crippen LogP contribution in [-0.4, -0.2) is 7.11 Å². The Hall–Kier alpha value is -2.18. The van der Waals surface area contributed by atoms with Crippen LogP contribution in [0.1, 0.15) is 11.1 Å². The fourth-order valence-corrected chi connectivity index (χ4v) is 1.82. The lowest BCUT2D eigenvalue weighted by Crippen LogP contribution is -1.96. The van der Waals surface area contributed by atoms with Crippen LogP contribution >= 0.6 is 11.6 Å². The lowest BCUT2D eigenvalue weighted by Gasteiger charge is -2.08. The quantitative estimate of drug-likeness (QED) is 0.851. The van der Waals surface area contributed by atoms with Crippen molar-refractivity contribution in [1.29, 1.82) is 5.26 Å². The molecule has 3 nitrogen and oxygen atoms in total. The van der Waals surface area contributed by atoms with Crippen molar-refractivity contribution in [1.82, 2.24) is 0 Å². The normalized spacial score (nSPS) is 9.74. The summed E-state index contributed by atoms with van der Waals surface area (Å²) in [7, 11) is 1.63. The second-order valence-corrected chi connectivity index (χ2v) is 4.36. The Kier molecular flexibility index (Phi) is 4.27. The molecule has 96 valence electrons. The average Bonchev–Trinajstić information content (AvgIpc) is 2.45. The van der Waals surface area contributed by atoms with E-state index in [2.05, 4.69) is 0 Å². The molecule has 0 saturated carbocycles. The minimum atomic E-state index is 0.412. The van der Waals surface area contributed by atoms with Gasteiger partial charge in [-0.3, -0.25) is 0 Å². The highest BCUT2D eigenvalue weighted by atomic mass is 35.5. The predicted octanol–water partition coefficient (Wildman–Crippen LogP) is 3.80. The maximum atomic E-state index is 8.85. The first kappa shape index (κ1) is 13.3. The molecule has 19 heavy (non-hydrogen) atoms. The van der Waals surface area contributed by atoms with Crippen molar-refractivity contribution in [3.05, 3.63) is 58.6 Å². The second kappa shape index (κ2) is 6.12. The molecule has 0 amide bonds. The lowest BCUT2D eigenvalue weighted by molar-refractivity contribution is 0.306. The molecule has 2 aromatic carbocycles. The van der Waals surface area contributed by atoms with E-state index in [0.717, 1.165) is 11.3 Å². The summed E-state index contributed by atoms with van der Waals surface area (Å²) in [5.74, 6) is 1.39.